The van der Waals surface area contributed by atoms with Crippen molar-refractivity contribution in [2.75, 3.05) is 0 Å². The highest BCUT2D eigenvalue weighted by atomic mass is 32.2. The lowest BCUT2D eigenvalue weighted by Crippen LogP contribution is -2.16. The predicted molar refractivity (Wildman–Crippen MR) is 85.4 cm³/mol. The third kappa shape index (κ3) is 4.63. The lowest BCUT2D eigenvalue weighted by atomic mass is 10.1. The minimum atomic E-state index is -0.770. The highest BCUT2D eigenvalue weighted by Gasteiger charge is 2.20. The van der Waals surface area contributed by atoms with E-state index in [9.17, 15) is 9.90 Å². The number of hydrogen-bond acceptors (Lipinski definition) is 3. The number of benzene rings is 1. The third-order valence-electron chi connectivity index (χ3n) is 3.24. The van der Waals surface area contributed by atoms with Crippen LogP contribution in [0, 0.1) is 0 Å². The number of aromatic nitrogens is 2. The number of carboxylic acids is 1. The van der Waals surface area contributed by atoms with Gasteiger partial charge in [0.15, 0.2) is 5.16 Å². The van der Waals surface area contributed by atoms with E-state index in [0.29, 0.717) is 11.6 Å². The van der Waals surface area contributed by atoms with Crippen LogP contribution in [0.5, 0.6) is 0 Å². The number of thioether (sulfide) groups is 1. The van der Waals surface area contributed by atoms with Crippen LogP contribution in [0.15, 0.2) is 41.7 Å². The molecule has 0 bridgehead atoms. The number of rotatable bonds is 8. The lowest BCUT2D eigenvalue weighted by Gasteiger charge is -2.09. The first-order valence-electron chi connectivity index (χ1n) is 7.20. The van der Waals surface area contributed by atoms with Crippen molar-refractivity contribution in [3.63, 3.8) is 0 Å². The number of nitrogens with one attached hydrogen (secondary N) is 1. The molecule has 0 radical (unpaired) electrons. The second kappa shape index (κ2) is 7.88. The zero-order chi connectivity index (χ0) is 15.1. The van der Waals surface area contributed by atoms with Gasteiger partial charge in [-0.05, 0) is 12.0 Å². The molecule has 4 nitrogen and oxygen atoms in total. The summed E-state index contributed by atoms with van der Waals surface area (Å²) >= 11 is 1.30. The van der Waals surface area contributed by atoms with Crippen LogP contribution in [-0.2, 0) is 4.79 Å². The minimum absolute atomic E-state index is 0.439. The molecule has 1 aromatic heterocycles. The lowest BCUT2D eigenvalue weighted by molar-refractivity contribution is -0.136. The van der Waals surface area contributed by atoms with Crippen LogP contribution in [0.2, 0.25) is 0 Å². The molecule has 1 atom stereocenters. The van der Waals surface area contributed by atoms with Crippen LogP contribution in [0.3, 0.4) is 0 Å². The normalized spacial score (nSPS) is 12.2. The molecule has 0 amide bonds. The van der Waals surface area contributed by atoms with Gasteiger partial charge in [-0.3, -0.25) is 4.79 Å². The molecule has 1 unspecified atom stereocenters. The van der Waals surface area contributed by atoms with Gasteiger partial charge in [-0.15, -0.1) is 0 Å². The Morgan fingerprint density at radius 1 is 1.33 bits per heavy atom. The number of aromatic amines is 1. The molecule has 2 rings (SSSR count). The van der Waals surface area contributed by atoms with Gasteiger partial charge in [0.05, 0.1) is 11.9 Å². The summed E-state index contributed by atoms with van der Waals surface area (Å²) in [6, 6.07) is 9.89. The standard InChI is InChI=1S/C16H20N2O2S/c1-2-3-5-10-14(15(19)20)21-16-17-11-13(18-16)12-8-6-4-7-9-12/h4,6-9,11,14H,2-3,5,10H2,1H3,(H,17,18)(H,19,20). The molecule has 0 fully saturated rings. The molecule has 2 N–H and O–H groups in total. The molecular weight excluding hydrogens is 284 g/mol. The average Bonchev–Trinajstić information content (AvgIpc) is 2.96. The van der Waals surface area contributed by atoms with Crippen molar-refractivity contribution in [2.45, 2.75) is 43.0 Å². The van der Waals surface area contributed by atoms with E-state index in [2.05, 4.69) is 16.9 Å². The van der Waals surface area contributed by atoms with Crippen LogP contribution in [0.1, 0.15) is 32.6 Å². The SMILES string of the molecule is CCCCCC(Sc1ncc(-c2ccccc2)[nH]1)C(=O)O. The van der Waals surface area contributed by atoms with Crippen LogP contribution in [-0.4, -0.2) is 26.3 Å². The van der Waals surface area contributed by atoms with Gasteiger partial charge in [-0.25, -0.2) is 4.98 Å². The summed E-state index contributed by atoms with van der Waals surface area (Å²) in [5.74, 6) is -0.770. The largest absolute Gasteiger partial charge is 0.480 e. The average molecular weight is 304 g/mol. The molecule has 21 heavy (non-hydrogen) atoms. The van der Waals surface area contributed by atoms with E-state index in [1.807, 2.05) is 30.3 Å². The Kier molecular flexibility index (Phi) is 5.87. The Hall–Kier alpha value is -1.75. The first-order valence-corrected chi connectivity index (χ1v) is 8.08. The number of nitrogens with zero attached hydrogens (tertiary/aromatic N) is 1. The first-order chi connectivity index (χ1) is 10.2. The predicted octanol–water partition coefficient (Wildman–Crippen LogP) is 4.20. The Morgan fingerprint density at radius 2 is 2.10 bits per heavy atom. The Balaban J connectivity index is 2.01. The Morgan fingerprint density at radius 3 is 2.76 bits per heavy atom. The van der Waals surface area contributed by atoms with E-state index >= 15 is 0 Å². The molecule has 1 heterocycles. The fourth-order valence-electron chi connectivity index (χ4n) is 2.07. The minimum Gasteiger partial charge on any atom is -0.480 e. The maximum atomic E-state index is 11.3. The van der Waals surface area contributed by atoms with Crippen molar-refractivity contribution in [3.05, 3.63) is 36.5 Å². The van der Waals surface area contributed by atoms with Gasteiger partial charge in [0.1, 0.15) is 5.25 Å². The summed E-state index contributed by atoms with van der Waals surface area (Å²) in [5.41, 5.74) is 1.96. The van der Waals surface area contributed by atoms with Gasteiger partial charge >= 0.3 is 5.97 Å². The summed E-state index contributed by atoms with van der Waals surface area (Å²) < 4.78 is 0. The summed E-state index contributed by atoms with van der Waals surface area (Å²) in [4.78, 5) is 18.8. The number of imidazole rings is 1. The monoisotopic (exact) mass is 304 g/mol. The van der Waals surface area contributed by atoms with Gasteiger partial charge in [0.25, 0.3) is 0 Å². The molecule has 0 aliphatic carbocycles. The highest BCUT2D eigenvalue weighted by Crippen LogP contribution is 2.27. The number of aliphatic carboxylic acids is 1. The summed E-state index contributed by atoms with van der Waals surface area (Å²) in [6.45, 7) is 2.11. The quantitative estimate of drug-likeness (QED) is 0.566. The highest BCUT2D eigenvalue weighted by molar-refractivity contribution is 8.00. The molecule has 0 aliphatic rings. The molecule has 0 aliphatic heterocycles. The van der Waals surface area contributed by atoms with Crippen molar-refractivity contribution in [2.24, 2.45) is 0 Å². The molecule has 112 valence electrons. The van der Waals surface area contributed by atoms with Crippen LogP contribution in [0.4, 0.5) is 0 Å². The van der Waals surface area contributed by atoms with Gasteiger partial charge < -0.3 is 10.1 Å². The smallest absolute Gasteiger partial charge is 0.317 e. The zero-order valence-electron chi connectivity index (χ0n) is 12.1. The van der Waals surface area contributed by atoms with Crippen molar-refractivity contribution in [1.29, 1.82) is 0 Å². The molecule has 0 saturated carbocycles. The Labute approximate surface area is 129 Å². The second-order valence-electron chi connectivity index (χ2n) is 4.91. The number of carbonyl (C=O) groups is 1. The maximum Gasteiger partial charge on any atom is 0.317 e. The van der Waals surface area contributed by atoms with Gasteiger partial charge in [-0.1, -0.05) is 68.3 Å². The van der Waals surface area contributed by atoms with E-state index in [1.54, 1.807) is 6.20 Å². The van der Waals surface area contributed by atoms with Crippen molar-refractivity contribution < 1.29 is 9.90 Å². The van der Waals surface area contributed by atoms with Crippen LogP contribution >= 0.6 is 11.8 Å². The van der Waals surface area contributed by atoms with E-state index in [4.69, 9.17) is 0 Å². The van der Waals surface area contributed by atoms with E-state index in [1.165, 1.54) is 11.8 Å². The topological polar surface area (TPSA) is 66.0 Å². The van der Waals surface area contributed by atoms with Crippen LogP contribution < -0.4 is 0 Å². The first kappa shape index (κ1) is 15.6. The maximum absolute atomic E-state index is 11.3. The molecule has 0 spiro atoms. The molecule has 0 saturated heterocycles. The van der Waals surface area contributed by atoms with Crippen molar-refractivity contribution >= 4 is 17.7 Å². The number of hydrogen-bond donors (Lipinski definition) is 2. The molecule has 2 aromatic rings. The summed E-state index contributed by atoms with van der Waals surface area (Å²) in [7, 11) is 0. The summed E-state index contributed by atoms with van der Waals surface area (Å²) in [6.07, 6.45) is 5.53. The van der Waals surface area contributed by atoms with Crippen molar-refractivity contribution in [1.82, 2.24) is 9.97 Å². The number of carboxylic acid groups (broad SMARTS) is 1. The molecule has 5 heteroatoms. The van der Waals surface area contributed by atoms with E-state index in [0.717, 1.165) is 30.5 Å². The van der Waals surface area contributed by atoms with E-state index in [-0.39, 0.29) is 0 Å². The molecular formula is C16H20N2O2S. The number of unbranched alkanes of at least 4 members (excludes halogenated alkanes) is 2. The molecule has 1 aromatic carbocycles. The zero-order valence-corrected chi connectivity index (χ0v) is 12.9. The number of H-pyrrole nitrogens is 1. The van der Waals surface area contributed by atoms with Gasteiger partial charge in [0, 0.05) is 0 Å². The fraction of sp³-hybridized carbons (Fsp3) is 0.375. The summed E-state index contributed by atoms with van der Waals surface area (Å²) in [5, 5.41) is 9.52. The van der Waals surface area contributed by atoms with Gasteiger partial charge in [-0.2, -0.15) is 0 Å². The fourth-order valence-corrected chi connectivity index (χ4v) is 3.01. The van der Waals surface area contributed by atoms with Crippen molar-refractivity contribution in [3.8, 4) is 11.3 Å². The van der Waals surface area contributed by atoms with Crippen LogP contribution in [0.25, 0.3) is 11.3 Å². The Bertz CT molecular complexity index is 569. The van der Waals surface area contributed by atoms with E-state index < -0.39 is 11.2 Å². The second-order valence-corrected chi connectivity index (χ2v) is 6.10. The third-order valence-corrected chi connectivity index (χ3v) is 4.39. The van der Waals surface area contributed by atoms with Gasteiger partial charge in [0.2, 0.25) is 0 Å².